The second kappa shape index (κ2) is 42.2. The van der Waals surface area contributed by atoms with E-state index in [9.17, 15) is 30.6 Å². The van der Waals surface area contributed by atoms with E-state index in [1.54, 1.807) is 0 Å². The van der Waals surface area contributed by atoms with Gasteiger partial charge < -0.3 is 30.6 Å². The standard InChI is InChI=1S/C21H36O.C20H34O.2C18H30O.C16H26O.C15H24O/c1-8-9-10-11-12-13-16-14-17(20(2,3)4)19(22)18(15-16)21(5,6)7;1-8-9-10-11-12-15-13-16(19(2,3)4)18(21)17(14-15)20(5,6)7;1-12(2)9-13-10-14(17(3,4)5)16(19)15(11-13)18(6,7)8;1-8-9-10-13-11-14(17(2,3)4)16(19)15(12-13)18(5,6)7;1-8-11-9-12(15(2,3)4)14(17)13(10-11)16(5,6)7;1-10-8-11(14(2,3)4)13(16)12(9-10)15(5,6)7/h14-15,22H,8-13H2,1-7H3;13-14,21H,8-12H2,1-7H3;10-12,19H,9H2,1-8H3;11-12,19H,8-10H2,1-7H3;9-10,17H,8H2,1-7H3;8-9,16H,1-7H3. The lowest BCUT2D eigenvalue weighted by Crippen LogP contribution is -2.18. The van der Waals surface area contributed by atoms with Crippen LogP contribution in [0.4, 0.5) is 0 Å². The van der Waals surface area contributed by atoms with Gasteiger partial charge in [0.1, 0.15) is 34.5 Å². The van der Waals surface area contributed by atoms with E-state index >= 15 is 0 Å². The minimum atomic E-state index is -0.0307. The van der Waals surface area contributed by atoms with E-state index in [4.69, 9.17) is 0 Å². The first-order chi connectivity index (χ1) is 51.2. The summed E-state index contributed by atoms with van der Waals surface area (Å²) in [7, 11) is 0. The van der Waals surface area contributed by atoms with Crippen molar-refractivity contribution in [3.63, 3.8) is 0 Å². The van der Waals surface area contributed by atoms with Gasteiger partial charge in [0.25, 0.3) is 0 Å². The van der Waals surface area contributed by atoms with Crippen molar-refractivity contribution in [2.45, 2.75) is 465 Å². The molecule has 0 aliphatic rings. The SMILES string of the molecule is CC(C)Cc1cc(C(C)(C)C)c(O)c(C(C)(C)C)c1.CCCCCCCc1cc(C(C)(C)C)c(O)c(C(C)(C)C)c1.CCCCCCc1cc(C(C)(C)C)c(O)c(C(C)(C)C)c1.CCCCc1cc(C(C)(C)C)c(O)c(C(C)(C)C)c1.CCc1cc(C(C)(C)C)c(O)c(C(C)(C)C)c1.Cc1cc(C(C)(C)C)c(O)c(C(C)(C)C)c1. The molecule has 0 aromatic heterocycles. The highest BCUT2D eigenvalue weighted by molar-refractivity contribution is 5.55. The summed E-state index contributed by atoms with van der Waals surface area (Å²) in [6.45, 7) is 93.2. The van der Waals surface area contributed by atoms with E-state index in [-0.39, 0.29) is 65.0 Å². The third-order valence-electron chi connectivity index (χ3n) is 21.6. The average molecular weight is 1570 g/mol. The van der Waals surface area contributed by atoms with Crippen LogP contribution in [0.2, 0.25) is 0 Å². The fraction of sp³-hybridized carbons (Fsp3) is 0.667. The molecule has 6 aromatic carbocycles. The molecular weight excluding hydrogens is 1390 g/mol. The van der Waals surface area contributed by atoms with Gasteiger partial charge >= 0.3 is 0 Å². The Kier molecular flexibility index (Phi) is 39.3. The number of hydrogen-bond donors (Lipinski definition) is 6. The topological polar surface area (TPSA) is 121 Å². The van der Waals surface area contributed by atoms with Crippen molar-refractivity contribution in [2.75, 3.05) is 0 Å². The quantitative estimate of drug-likeness (QED) is 0.0506. The third-order valence-corrected chi connectivity index (χ3v) is 21.6. The molecule has 6 heteroatoms. The van der Waals surface area contributed by atoms with Crippen molar-refractivity contribution < 1.29 is 30.6 Å². The van der Waals surface area contributed by atoms with Gasteiger partial charge in [-0.1, -0.05) is 421 Å². The van der Waals surface area contributed by atoms with Crippen molar-refractivity contribution in [3.05, 3.63) is 173 Å². The van der Waals surface area contributed by atoms with Crippen molar-refractivity contribution >= 4 is 0 Å². The highest BCUT2D eigenvalue weighted by Crippen LogP contribution is 2.47. The molecule has 0 saturated heterocycles. The number of aromatic hydroxyl groups is 6. The smallest absolute Gasteiger partial charge is 0.123 e. The van der Waals surface area contributed by atoms with E-state index in [1.165, 1.54) is 104 Å². The summed E-state index contributed by atoms with van der Waals surface area (Å²) in [5.74, 6) is 3.52. The largest absolute Gasteiger partial charge is 0.507 e. The first-order valence-corrected chi connectivity index (χ1v) is 44.4. The molecule has 0 radical (unpaired) electrons. The summed E-state index contributed by atoms with van der Waals surface area (Å²) < 4.78 is 0. The highest BCUT2D eigenvalue weighted by atomic mass is 16.3. The van der Waals surface area contributed by atoms with Crippen LogP contribution in [0, 0.1) is 12.8 Å². The Morgan fingerprint density at radius 1 is 0.211 bits per heavy atom. The van der Waals surface area contributed by atoms with Crippen LogP contribution in [-0.2, 0) is 97.1 Å². The molecule has 0 unspecified atom stereocenters. The molecule has 0 aliphatic carbocycles. The summed E-state index contributed by atoms with van der Waals surface area (Å²) >= 11 is 0. The lowest BCUT2D eigenvalue weighted by atomic mass is 9.77. The van der Waals surface area contributed by atoms with Crippen LogP contribution < -0.4 is 0 Å². The van der Waals surface area contributed by atoms with E-state index in [2.05, 4.69) is 371 Å². The number of benzene rings is 6. The number of phenolic OH excluding ortho intramolecular Hbond substituents is 6. The van der Waals surface area contributed by atoms with Gasteiger partial charge in [-0.25, -0.2) is 0 Å². The monoisotopic (exact) mass is 1570 g/mol. The first kappa shape index (κ1) is 106. The average Bonchev–Trinajstić information content (AvgIpc) is 0.824. The van der Waals surface area contributed by atoms with E-state index in [0.29, 0.717) is 40.4 Å². The summed E-state index contributed by atoms with van der Waals surface area (Å²) in [5.41, 5.74) is 20.5. The molecule has 6 nitrogen and oxygen atoms in total. The maximum Gasteiger partial charge on any atom is 0.123 e. The van der Waals surface area contributed by atoms with Crippen LogP contribution in [0.25, 0.3) is 0 Å². The van der Waals surface area contributed by atoms with Crippen molar-refractivity contribution in [2.24, 2.45) is 5.92 Å². The first-order valence-electron chi connectivity index (χ1n) is 44.4. The number of unbranched alkanes of at least 4 members (excludes halogenated alkanes) is 8. The summed E-state index contributed by atoms with van der Waals surface area (Å²) in [5, 5.41) is 63.5. The fourth-order valence-corrected chi connectivity index (χ4v) is 14.4. The molecule has 6 N–H and O–H groups in total. The summed E-state index contributed by atoms with van der Waals surface area (Å²) in [6, 6.07) is 26.1. The lowest BCUT2D eigenvalue weighted by molar-refractivity contribution is 0.421. The number of aryl methyl sites for hydroxylation is 5. The maximum atomic E-state index is 10.7. The van der Waals surface area contributed by atoms with Crippen LogP contribution in [0.15, 0.2) is 72.8 Å². The van der Waals surface area contributed by atoms with Crippen molar-refractivity contribution in [1.29, 1.82) is 0 Å². The van der Waals surface area contributed by atoms with Gasteiger partial charge in [-0.05, 0) is 224 Å². The molecule has 0 aliphatic heterocycles. The van der Waals surface area contributed by atoms with Gasteiger partial charge in [0, 0.05) is 0 Å². The number of phenols is 6. The molecule has 6 aromatic rings. The Hall–Kier alpha value is -5.88. The second-order valence-corrected chi connectivity index (χ2v) is 46.4. The second-order valence-electron chi connectivity index (χ2n) is 46.4. The zero-order valence-corrected chi connectivity index (χ0v) is 82.5. The third kappa shape index (κ3) is 34.2. The van der Waals surface area contributed by atoms with Crippen molar-refractivity contribution in [1.82, 2.24) is 0 Å². The summed E-state index contributed by atoms with van der Waals surface area (Å²) in [6.07, 6.45) is 19.5. The number of hydrogen-bond acceptors (Lipinski definition) is 6. The molecule has 0 amide bonds. The Labute approximate surface area is 705 Å². The molecule has 6 rings (SSSR count). The molecule has 114 heavy (non-hydrogen) atoms. The van der Waals surface area contributed by atoms with E-state index in [0.717, 1.165) is 98.9 Å². The Balaban J connectivity index is 0.000000686. The number of rotatable bonds is 17. The normalized spacial score (nSPS) is 12.8. The molecule has 0 bridgehead atoms. The summed E-state index contributed by atoms with van der Waals surface area (Å²) in [4.78, 5) is 0. The minimum absolute atomic E-state index is 0.0178. The predicted octanol–water partition coefficient (Wildman–Crippen LogP) is 32.0. The zero-order valence-electron chi connectivity index (χ0n) is 82.5. The molecule has 648 valence electrons. The van der Waals surface area contributed by atoms with Crippen LogP contribution in [0.5, 0.6) is 34.5 Å². The van der Waals surface area contributed by atoms with Gasteiger partial charge in [0.15, 0.2) is 0 Å². The molecule has 0 spiro atoms. The van der Waals surface area contributed by atoms with Crippen LogP contribution in [0.1, 0.15) is 462 Å². The fourth-order valence-electron chi connectivity index (χ4n) is 14.4. The van der Waals surface area contributed by atoms with Crippen LogP contribution in [-0.4, -0.2) is 30.6 Å². The minimum Gasteiger partial charge on any atom is -0.507 e. The van der Waals surface area contributed by atoms with E-state index < -0.39 is 0 Å². The van der Waals surface area contributed by atoms with Crippen LogP contribution in [0.3, 0.4) is 0 Å². The van der Waals surface area contributed by atoms with Crippen LogP contribution >= 0.6 is 0 Å². The van der Waals surface area contributed by atoms with Gasteiger partial charge in [0.2, 0.25) is 0 Å². The molecule has 0 heterocycles. The predicted molar refractivity (Wildman–Crippen MR) is 505 cm³/mol. The molecular formula is C108H180O6. The Morgan fingerprint density at radius 2 is 0.368 bits per heavy atom. The lowest BCUT2D eigenvalue weighted by Gasteiger charge is -2.28. The molecule has 0 saturated carbocycles. The van der Waals surface area contributed by atoms with Gasteiger partial charge in [-0.3, -0.25) is 0 Å². The van der Waals surface area contributed by atoms with Crippen molar-refractivity contribution in [3.8, 4) is 34.5 Å². The Bertz CT molecular complexity index is 3710. The molecule has 0 fully saturated rings. The van der Waals surface area contributed by atoms with Gasteiger partial charge in [0.05, 0.1) is 0 Å². The van der Waals surface area contributed by atoms with E-state index in [1.807, 2.05) is 0 Å². The zero-order chi connectivity index (χ0) is 89.2. The molecule has 0 atom stereocenters. The van der Waals surface area contributed by atoms with Gasteiger partial charge in [-0.2, -0.15) is 0 Å². The van der Waals surface area contributed by atoms with Gasteiger partial charge in [-0.15, -0.1) is 0 Å². The maximum absolute atomic E-state index is 10.7. The Morgan fingerprint density at radius 3 is 0.544 bits per heavy atom. The highest BCUT2D eigenvalue weighted by Gasteiger charge is 2.33.